The number of carbonyl (C=O) groups is 2. The van der Waals surface area contributed by atoms with Gasteiger partial charge in [0.2, 0.25) is 0 Å². The van der Waals surface area contributed by atoms with Gasteiger partial charge in [0.25, 0.3) is 11.8 Å². The highest BCUT2D eigenvalue weighted by Crippen LogP contribution is 2.06. The van der Waals surface area contributed by atoms with E-state index in [1.807, 2.05) is 41.8 Å². The molecule has 2 aromatic carbocycles. The summed E-state index contributed by atoms with van der Waals surface area (Å²) in [5.41, 5.74) is 3.34. The standard InChI is InChI=1S/C16H15N3O2/c17-19-16(21)14(11-12-7-3-1-4-8-12)18-15(20)13-9-5-2-6-10-13/h1-11H,17H2,(H,18,20)(H,19,21)/b14-11-. The van der Waals surface area contributed by atoms with Crippen LogP contribution in [0.4, 0.5) is 0 Å². The number of hydrogen-bond donors (Lipinski definition) is 3. The van der Waals surface area contributed by atoms with Crippen molar-refractivity contribution in [1.82, 2.24) is 10.7 Å². The topological polar surface area (TPSA) is 84.2 Å². The second kappa shape index (κ2) is 7.02. The Kier molecular flexibility index (Phi) is 4.84. The Balaban J connectivity index is 2.24. The largest absolute Gasteiger partial charge is 0.317 e. The summed E-state index contributed by atoms with van der Waals surface area (Å²) >= 11 is 0. The number of hydrogen-bond acceptors (Lipinski definition) is 3. The summed E-state index contributed by atoms with van der Waals surface area (Å²) in [7, 11) is 0. The molecule has 0 unspecified atom stereocenters. The summed E-state index contributed by atoms with van der Waals surface area (Å²) in [6.07, 6.45) is 1.56. The van der Waals surface area contributed by atoms with Crippen molar-refractivity contribution < 1.29 is 9.59 Å². The van der Waals surface area contributed by atoms with Gasteiger partial charge in [-0.3, -0.25) is 15.0 Å². The molecule has 0 fully saturated rings. The molecule has 5 nitrogen and oxygen atoms in total. The van der Waals surface area contributed by atoms with Crippen LogP contribution >= 0.6 is 0 Å². The summed E-state index contributed by atoms with van der Waals surface area (Å²) in [6.45, 7) is 0. The molecule has 21 heavy (non-hydrogen) atoms. The van der Waals surface area contributed by atoms with Gasteiger partial charge in [-0.1, -0.05) is 48.5 Å². The van der Waals surface area contributed by atoms with E-state index in [-0.39, 0.29) is 11.6 Å². The number of nitrogens with two attached hydrogens (primary N) is 1. The molecular formula is C16H15N3O2. The van der Waals surface area contributed by atoms with E-state index >= 15 is 0 Å². The van der Waals surface area contributed by atoms with Crippen LogP contribution in [-0.2, 0) is 4.79 Å². The molecule has 4 N–H and O–H groups in total. The van der Waals surface area contributed by atoms with E-state index in [1.165, 1.54) is 0 Å². The van der Waals surface area contributed by atoms with Gasteiger partial charge in [-0.2, -0.15) is 0 Å². The Morgan fingerprint density at radius 2 is 1.48 bits per heavy atom. The van der Waals surface area contributed by atoms with Crippen molar-refractivity contribution in [2.24, 2.45) is 5.84 Å². The van der Waals surface area contributed by atoms with Gasteiger partial charge in [0.15, 0.2) is 0 Å². The highest BCUT2D eigenvalue weighted by atomic mass is 16.2. The summed E-state index contributed by atoms with van der Waals surface area (Å²) < 4.78 is 0. The minimum atomic E-state index is -0.567. The van der Waals surface area contributed by atoms with Gasteiger partial charge in [-0.05, 0) is 23.8 Å². The molecule has 2 amide bonds. The quantitative estimate of drug-likeness (QED) is 0.343. The van der Waals surface area contributed by atoms with Gasteiger partial charge < -0.3 is 5.32 Å². The van der Waals surface area contributed by atoms with Crippen molar-refractivity contribution in [1.29, 1.82) is 0 Å². The Morgan fingerprint density at radius 1 is 0.905 bits per heavy atom. The Bertz CT molecular complexity index is 652. The number of amides is 2. The molecule has 0 radical (unpaired) electrons. The Hall–Kier alpha value is -2.92. The monoisotopic (exact) mass is 281 g/mol. The zero-order valence-corrected chi connectivity index (χ0v) is 11.2. The summed E-state index contributed by atoms with van der Waals surface area (Å²) in [5.74, 6) is 4.21. The predicted octanol–water partition coefficient (Wildman–Crippen LogP) is 1.45. The average molecular weight is 281 g/mol. The average Bonchev–Trinajstić information content (AvgIpc) is 2.55. The maximum atomic E-state index is 12.1. The van der Waals surface area contributed by atoms with Crippen LogP contribution in [-0.4, -0.2) is 11.8 Å². The van der Waals surface area contributed by atoms with E-state index < -0.39 is 5.91 Å². The van der Waals surface area contributed by atoms with Gasteiger partial charge in [0, 0.05) is 5.56 Å². The minimum absolute atomic E-state index is 0.0811. The third kappa shape index (κ3) is 4.02. The zero-order valence-electron chi connectivity index (χ0n) is 11.2. The van der Waals surface area contributed by atoms with Crippen LogP contribution < -0.4 is 16.6 Å². The molecule has 0 spiro atoms. The third-order valence-electron chi connectivity index (χ3n) is 2.77. The van der Waals surface area contributed by atoms with E-state index in [0.29, 0.717) is 5.56 Å². The van der Waals surface area contributed by atoms with Crippen molar-refractivity contribution in [2.75, 3.05) is 0 Å². The van der Waals surface area contributed by atoms with Crippen LogP contribution in [0.1, 0.15) is 15.9 Å². The van der Waals surface area contributed by atoms with E-state index in [2.05, 4.69) is 5.32 Å². The second-order valence-corrected chi connectivity index (χ2v) is 4.26. The molecule has 0 aliphatic carbocycles. The molecule has 106 valence electrons. The van der Waals surface area contributed by atoms with Crippen LogP contribution in [0.3, 0.4) is 0 Å². The van der Waals surface area contributed by atoms with Gasteiger partial charge >= 0.3 is 0 Å². The minimum Gasteiger partial charge on any atom is -0.317 e. The lowest BCUT2D eigenvalue weighted by Crippen LogP contribution is -2.38. The van der Waals surface area contributed by atoms with Crippen molar-refractivity contribution >= 4 is 17.9 Å². The number of benzene rings is 2. The van der Waals surface area contributed by atoms with E-state index in [1.54, 1.807) is 30.3 Å². The maximum absolute atomic E-state index is 12.1. The molecule has 0 saturated carbocycles. The molecule has 0 aliphatic rings. The Labute approximate surface area is 122 Å². The summed E-state index contributed by atoms with van der Waals surface area (Å²) in [6, 6.07) is 17.8. The van der Waals surface area contributed by atoms with Crippen molar-refractivity contribution in [2.45, 2.75) is 0 Å². The first-order valence-corrected chi connectivity index (χ1v) is 6.35. The van der Waals surface area contributed by atoms with Crippen LogP contribution in [0.2, 0.25) is 0 Å². The summed E-state index contributed by atoms with van der Waals surface area (Å²) in [4.78, 5) is 23.9. The third-order valence-corrected chi connectivity index (χ3v) is 2.77. The fourth-order valence-electron chi connectivity index (χ4n) is 1.74. The lowest BCUT2D eigenvalue weighted by molar-refractivity contribution is -0.117. The molecule has 2 rings (SSSR count). The zero-order chi connectivity index (χ0) is 15.1. The molecule has 0 atom stereocenters. The lowest BCUT2D eigenvalue weighted by Gasteiger charge is -2.08. The van der Waals surface area contributed by atoms with E-state index in [9.17, 15) is 9.59 Å². The Morgan fingerprint density at radius 3 is 2.05 bits per heavy atom. The van der Waals surface area contributed by atoms with Crippen molar-refractivity contribution in [3.63, 3.8) is 0 Å². The highest BCUT2D eigenvalue weighted by Gasteiger charge is 2.13. The molecule has 0 bridgehead atoms. The van der Waals surface area contributed by atoms with Crippen LogP contribution in [0, 0.1) is 0 Å². The first-order valence-electron chi connectivity index (χ1n) is 6.35. The molecule has 0 aromatic heterocycles. The van der Waals surface area contributed by atoms with E-state index in [4.69, 9.17) is 5.84 Å². The lowest BCUT2D eigenvalue weighted by atomic mass is 10.1. The number of carbonyl (C=O) groups excluding carboxylic acids is 2. The van der Waals surface area contributed by atoms with Gasteiger partial charge in [-0.15, -0.1) is 0 Å². The molecule has 5 heteroatoms. The first-order chi connectivity index (χ1) is 10.2. The molecular weight excluding hydrogens is 266 g/mol. The molecule has 0 heterocycles. The van der Waals surface area contributed by atoms with Gasteiger partial charge in [0.05, 0.1) is 0 Å². The van der Waals surface area contributed by atoms with Crippen molar-refractivity contribution in [3.05, 3.63) is 77.5 Å². The molecule has 2 aromatic rings. The number of hydrazine groups is 1. The van der Waals surface area contributed by atoms with Gasteiger partial charge in [0.1, 0.15) is 5.70 Å². The SMILES string of the molecule is NNC(=O)/C(=C/c1ccccc1)NC(=O)c1ccccc1. The fourth-order valence-corrected chi connectivity index (χ4v) is 1.74. The summed E-state index contributed by atoms with van der Waals surface area (Å²) in [5, 5.41) is 2.56. The van der Waals surface area contributed by atoms with Crippen LogP contribution in [0.5, 0.6) is 0 Å². The van der Waals surface area contributed by atoms with Crippen LogP contribution in [0.25, 0.3) is 6.08 Å². The van der Waals surface area contributed by atoms with Gasteiger partial charge in [-0.25, -0.2) is 5.84 Å². The highest BCUT2D eigenvalue weighted by molar-refractivity contribution is 6.05. The fraction of sp³-hybridized carbons (Fsp3) is 0. The van der Waals surface area contributed by atoms with Crippen molar-refractivity contribution in [3.8, 4) is 0 Å². The number of rotatable bonds is 4. The predicted molar refractivity (Wildman–Crippen MR) is 80.7 cm³/mol. The first kappa shape index (κ1) is 14.5. The molecule has 0 saturated heterocycles. The van der Waals surface area contributed by atoms with E-state index in [0.717, 1.165) is 5.56 Å². The maximum Gasteiger partial charge on any atom is 0.281 e. The normalized spacial score (nSPS) is 10.8. The van der Waals surface area contributed by atoms with Crippen LogP contribution in [0.15, 0.2) is 66.4 Å². The second-order valence-electron chi connectivity index (χ2n) is 4.26. The smallest absolute Gasteiger partial charge is 0.281 e. The number of nitrogens with one attached hydrogen (secondary N) is 2. The molecule has 0 aliphatic heterocycles.